The SMILES string of the molecule is Cc1cc(-c2cc(C(=O)NCc3ccc(S(=O)(=O)N(C)C(C)C)cc3)c3c(C)noc3n2)c(C)o1. The number of carbonyl (C=O) groups is 1. The van der Waals surface area contributed by atoms with E-state index in [-0.39, 0.29) is 29.1 Å². The number of hydrogen-bond donors (Lipinski definition) is 1. The first-order chi connectivity index (χ1) is 16.5. The summed E-state index contributed by atoms with van der Waals surface area (Å²) < 4.78 is 37.6. The molecule has 0 bridgehead atoms. The third-order valence-corrected chi connectivity index (χ3v) is 8.01. The predicted octanol–water partition coefficient (Wildman–Crippen LogP) is 4.37. The lowest BCUT2D eigenvalue weighted by Crippen LogP contribution is -2.33. The van der Waals surface area contributed by atoms with Crippen molar-refractivity contribution in [3.8, 4) is 11.3 Å². The molecule has 10 heteroatoms. The molecule has 0 spiro atoms. The van der Waals surface area contributed by atoms with Gasteiger partial charge in [-0.25, -0.2) is 13.4 Å². The highest BCUT2D eigenvalue weighted by atomic mass is 32.2. The fraction of sp³-hybridized carbons (Fsp3) is 0.320. The number of furan rings is 1. The van der Waals surface area contributed by atoms with E-state index in [0.717, 1.165) is 16.9 Å². The Labute approximate surface area is 204 Å². The number of nitrogens with zero attached hydrogens (tertiary/aromatic N) is 3. The van der Waals surface area contributed by atoms with Crippen LogP contribution in [0.15, 0.2) is 50.2 Å². The van der Waals surface area contributed by atoms with Crippen molar-refractivity contribution in [1.29, 1.82) is 0 Å². The van der Waals surface area contributed by atoms with Gasteiger partial charge in [0.15, 0.2) is 0 Å². The van der Waals surface area contributed by atoms with Crippen molar-refractivity contribution in [1.82, 2.24) is 19.8 Å². The van der Waals surface area contributed by atoms with Crippen LogP contribution in [-0.2, 0) is 16.6 Å². The molecular weight excluding hydrogens is 468 g/mol. The highest BCUT2D eigenvalue weighted by Crippen LogP contribution is 2.30. The Morgan fingerprint density at radius 3 is 2.40 bits per heavy atom. The standard InChI is InChI=1S/C25H28N4O5S/c1-14(2)29(6)35(31,32)19-9-7-18(8-10-19)13-26-24(30)21-12-22(20-11-15(3)33-17(20)5)27-25-23(21)16(4)28-34-25/h7-12,14H,13H2,1-6H3,(H,26,30). The number of carbonyl (C=O) groups excluding carboxylic acids is 1. The van der Waals surface area contributed by atoms with Gasteiger partial charge in [0.05, 0.1) is 27.2 Å². The summed E-state index contributed by atoms with van der Waals surface area (Å²) >= 11 is 0. The van der Waals surface area contributed by atoms with Crippen molar-refractivity contribution in [2.24, 2.45) is 0 Å². The van der Waals surface area contributed by atoms with E-state index in [9.17, 15) is 13.2 Å². The van der Waals surface area contributed by atoms with Gasteiger partial charge < -0.3 is 14.3 Å². The fourth-order valence-corrected chi connectivity index (χ4v) is 5.17. The monoisotopic (exact) mass is 496 g/mol. The van der Waals surface area contributed by atoms with Crippen molar-refractivity contribution in [3.05, 3.63) is 64.7 Å². The van der Waals surface area contributed by atoms with Crippen LogP contribution in [0.5, 0.6) is 0 Å². The molecule has 35 heavy (non-hydrogen) atoms. The topological polar surface area (TPSA) is 119 Å². The van der Waals surface area contributed by atoms with Gasteiger partial charge >= 0.3 is 0 Å². The molecule has 0 unspecified atom stereocenters. The van der Waals surface area contributed by atoms with E-state index >= 15 is 0 Å². The molecule has 0 saturated carbocycles. The molecule has 0 aliphatic heterocycles. The summed E-state index contributed by atoms with van der Waals surface area (Å²) in [6.45, 7) is 9.28. The Kier molecular flexibility index (Phi) is 6.52. The molecule has 4 aromatic rings. The van der Waals surface area contributed by atoms with Crippen LogP contribution in [-0.4, -0.2) is 41.9 Å². The number of hydrogen-bond acceptors (Lipinski definition) is 7. The third-order valence-electron chi connectivity index (χ3n) is 5.96. The Bertz CT molecular complexity index is 1500. The lowest BCUT2D eigenvalue weighted by molar-refractivity contribution is 0.0952. The normalized spacial score (nSPS) is 12.1. The Hall–Kier alpha value is -3.50. The molecule has 4 rings (SSSR count). The zero-order valence-electron chi connectivity index (χ0n) is 20.5. The molecule has 0 aliphatic rings. The van der Waals surface area contributed by atoms with Gasteiger partial charge in [0.2, 0.25) is 10.0 Å². The number of nitrogens with one attached hydrogen (secondary N) is 1. The van der Waals surface area contributed by atoms with E-state index in [1.54, 1.807) is 44.3 Å². The lowest BCUT2D eigenvalue weighted by atomic mass is 10.1. The summed E-state index contributed by atoms with van der Waals surface area (Å²) in [6, 6.07) is 9.89. The van der Waals surface area contributed by atoms with Gasteiger partial charge in [-0.2, -0.15) is 4.31 Å². The minimum Gasteiger partial charge on any atom is -0.466 e. The van der Waals surface area contributed by atoms with Crippen LogP contribution in [0.4, 0.5) is 0 Å². The van der Waals surface area contributed by atoms with E-state index < -0.39 is 10.0 Å². The van der Waals surface area contributed by atoms with Gasteiger partial charge in [0, 0.05) is 25.2 Å². The van der Waals surface area contributed by atoms with Crippen molar-refractivity contribution < 1.29 is 22.2 Å². The fourth-order valence-electron chi connectivity index (χ4n) is 3.80. The number of pyridine rings is 1. The minimum atomic E-state index is -3.57. The summed E-state index contributed by atoms with van der Waals surface area (Å²) in [5, 5.41) is 7.42. The van der Waals surface area contributed by atoms with Gasteiger partial charge in [0.1, 0.15) is 11.5 Å². The number of rotatable bonds is 7. The number of aryl methyl sites for hydroxylation is 3. The van der Waals surface area contributed by atoms with Gasteiger partial charge in [-0.1, -0.05) is 17.3 Å². The first kappa shape index (κ1) is 24.6. The molecule has 1 aromatic carbocycles. The van der Waals surface area contributed by atoms with E-state index in [4.69, 9.17) is 8.94 Å². The number of aromatic nitrogens is 2. The molecule has 9 nitrogen and oxygen atoms in total. The largest absolute Gasteiger partial charge is 0.466 e. The minimum absolute atomic E-state index is 0.156. The van der Waals surface area contributed by atoms with Gasteiger partial charge in [-0.3, -0.25) is 4.79 Å². The van der Waals surface area contributed by atoms with Gasteiger partial charge in [-0.05, 0) is 64.4 Å². The molecule has 1 amide bonds. The maximum Gasteiger partial charge on any atom is 0.259 e. The van der Waals surface area contributed by atoms with E-state index in [1.807, 2.05) is 33.8 Å². The molecule has 184 valence electrons. The maximum atomic E-state index is 13.2. The number of benzene rings is 1. The zero-order chi connectivity index (χ0) is 25.5. The third kappa shape index (κ3) is 4.71. The smallest absolute Gasteiger partial charge is 0.259 e. The van der Waals surface area contributed by atoms with Crippen molar-refractivity contribution >= 4 is 27.0 Å². The molecule has 0 saturated heterocycles. The molecule has 0 fully saturated rings. The Morgan fingerprint density at radius 2 is 1.80 bits per heavy atom. The number of sulfonamides is 1. The first-order valence-electron chi connectivity index (χ1n) is 11.2. The number of amides is 1. The van der Waals surface area contributed by atoms with Gasteiger partial charge in [0.25, 0.3) is 11.6 Å². The molecule has 1 N–H and O–H groups in total. The van der Waals surface area contributed by atoms with Gasteiger partial charge in [-0.15, -0.1) is 0 Å². The summed E-state index contributed by atoms with van der Waals surface area (Å²) in [7, 11) is -2.02. The van der Waals surface area contributed by atoms with Crippen molar-refractivity contribution in [2.75, 3.05) is 7.05 Å². The molecular formula is C25H28N4O5S. The van der Waals surface area contributed by atoms with Crippen molar-refractivity contribution in [3.63, 3.8) is 0 Å². The summed E-state index contributed by atoms with van der Waals surface area (Å²) in [5.74, 6) is 1.11. The highest BCUT2D eigenvalue weighted by molar-refractivity contribution is 7.89. The quantitative estimate of drug-likeness (QED) is 0.404. The second-order valence-corrected chi connectivity index (χ2v) is 10.8. The Morgan fingerprint density at radius 1 is 1.11 bits per heavy atom. The summed E-state index contributed by atoms with van der Waals surface area (Å²) in [5.41, 5.74) is 3.31. The first-order valence-corrected chi connectivity index (χ1v) is 12.6. The highest BCUT2D eigenvalue weighted by Gasteiger charge is 2.23. The molecule has 3 heterocycles. The zero-order valence-corrected chi connectivity index (χ0v) is 21.4. The van der Waals surface area contributed by atoms with Crippen LogP contribution in [0.25, 0.3) is 22.4 Å². The summed E-state index contributed by atoms with van der Waals surface area (Å²) in [4.78, 5) is 17.9. The molecule has 0 radical (unpaired) electrons. The Balaban J connectivity index is 1.59. The van der Waals surface area contributed by atoms with Crippen LogP contribution < -0.4 is 5.32 Å². The van der Waals surface area contributed by atoms with Crippen LogP contribution in [0.3, 0.4) is 0 Å². The van der Waals surface area contributed by atoms with E-state index in [2.05, 4.69) is 15.5 Å². The second-order valence-electron chi connectivity index (χ2n) is 8.77. The summed E-state index contributed by atoms with van der Waals surface area (Å²) in [6.07, 6.45) is 0. The average Bonchev–Trinajstić information content (AvgIpc) is 3.37. The van der Waals surface area contributed by atoms with E-state index in [1.165, 1.54) is 4.31 Å². The maximum absolute atomic E-state index is 13.2. The average molecular weight is 497 g/mol. The van der Waals surface area contributed by atoms with Crippen LogP contribution in [0, 0.1) is 20.8 Å². The van der Waals surface area contributed by atoms with Crippen LogP contribution in [0.2, 0.25) is 0 Å². The molecule has 0 atom stereocenters. The second kappa shape index (κ2) is 9.27. The number of fused-ring (bicyclic) bond motifs is 1. The van der Waals surface area contributed by atoms with E-state index in [0.29, 0.717) is 28.1 Å². The van der Waals surface area contributed by atoms with Crippen LogP contribution >= 0.6 is 0 Å². The lowest BCUT2D eigenvalue weighted by Gasteiger charge is -2.21. The van der Waals surface area contributed by atoms with Crippen LogP contribution in [0.1, 0.15) is 47.0 Å². The predicted molar refractivity (Wildman–Crippen MR) is 131 cm³/mol. The molecule has 3 aromatic heterocycles. The van der Waals surface area contributed by atoms with Crippen molar-refractivity contribution in [2.45, 2.75) is 52.1 Å². The molecule has 0 aliphatic carbocycles.